The van der Waals surface area contributed by atoms with Crippen molar-refractivity contribution >= 4 is 29.1 Å². The maximum Gasteiger partial charge on any atom is 0.417 e. The molecule has 138 valence electrons. The number of hydrogen-bond acceptors (Lipinski definition) is 3. The van der Waals surface area contributed by atoms with Crippen molar-refractivity contribution in [2.75, 3.05) is 31.6 Å². The highest BCUT2D eigenvalue weighted by Crippen LogP contribution is 2.36. The highest BCUT2D eigenvalue weighted by Gasteiger charge is 2.40. The number of nitrogens with zero attached hydrogens (tertiary/aromatic N) is 1. The van der Waals surface area contributed by atoms with Gasteiger partial charge in [-0.05, 0) is 32.0 Å². The zero-order valence-electron chi connectivity index (χ0n) is 13.7. The van der Waals surface area contributed by atoms with Gasteiger partial charge < -0.3 is 15.0 Å². The number of benzene rings is 1. The Hall–Kier alpha value is -1.80. The van der Waals surface area contributed by atoms with Gasteiger partial charge in [0.25, 0.3) is 0 Å². The molecule has 1 aromatic carbocycles. The standard InChI is InChI=1S/C16H18ClF3N2O3/c1-15(2,14(24)22-5-7-25-8-6-22)13(23)21-10-3-4-12(17)11(9-10)16(18,19)20/h3-4,9H,5-8H2,1-2H3,(H,21,23). The number of carbonyl (C=O) groups is 2. The van der Waals surface area contributed by atoms with Gasteiger partial charge in [0.2, 0.25) is 11.8 Å². The van der Waals surface area contributed by atoms with Crippen LogP contribution < -0.4 is 5.32 Å². The van der Waals surface area contributed by atoms with E-state index in [4.69, 9.17) is 16.3 Å². The van der Waals surface area contributed by atoms with E-state index in [2.05, 4.69) is 5.32 Å². The molecule has 0 aromatic heterocycles. The van der Waals surface area contributed by atoms with Gasteiger partial charge in [-0.25, -0.2) is 0 Å². The molecule has 1 saturated heterocycles. The molecule has 25 heavy (non-hydrogen) atoms. The summed E-state index contributed by atoms with van der Waals surface area (Å²) in [5.74, 6) is -1.10. The van der Waals surface area contributed by atoms with E-state index in [1.807, 2.05) is 0 Å². The molecule has 0 unspecified atom stereocenters. The van der Waals surface area contributed by atoms with E-state index >= 15 is 0 Å². The Morgan fingerprint density at radius 3 is 2.36 bits per heavy atom. The van der Waals surface area contributed by atoms with Crippen molar-refractivity contribution in [2.45, 2.75) is 20.0 Å². The number of hydrogen-bond donors (Lipinski definition) is 1. The van der Waals surface area contributed by atoms with Gasteiger partial charge in [-0.1, -0.05) is 11.6 Å². The second-order valence-electron chi connectivity index (χ2n) is 6.18. The highest BCUT2D eigenvalue weighted by atomic mass is 35.5. The fourth-order valence-corrected chi connectivity index (χ4v) is 2.59. The number of ether oxygens (including phenoxy) is 1. The number of anilines is 1. The molecule has 2 rings (SSSR count). The van der Waals surface area contributed by atoms with E-state index in [0.717, 1.165) is 12.1 Å². The maximum absolute atomic E-state index is 12.9. The van der Waals surface area contributed by atoms with Gasteiger partial charge in [-0.15, -0.1) is 0 Å². The summed E-state index contributed by atoms with van der Waals surface area (Å²) in [7, 11) is 0. The molecular formula is C16H18ClF3N2O3. The van der Waals surface area contributed by atoms with Gasteiger partial charge in [0.05, 0.1) is 23.8 Å². The molecule has 1 heterocycles. The normalized spacial score (nSPS) is 15.8. The second kappa shape index (κ2) is 7.21. The molecule has 5 nitrogen and oxygen atoms in total. The van der Waals surface area contributed by atoms with Crippen LogP contribution in [0.1, 0.15) is 19.4 Å². The van der Waals surface area contributed by atoms with Gasteiger partial charge in [0.15, 0.2) is 0 Å². The molecule has 0 spiro atoms. The van der Waals surface area contributed by atoms with Crippen molar-refractivity contribution in [3.8, 4) is 0 Å². The van der Waals surface area contributed by atoms with Crippen LogP contribution in [0.4, 0.5) is 18.9 Å². The number of nitrogens with one attached hydrogen (secondary N) is 1. The van der Waals surface area contributed by atoms with Crippen LogP contribution in [-0.4, -0.2) is 43.0 Å². The predicted molar refractivity (Wildman–Crippen MR) is 86.3 cm³/mol. The lowest BCUT2D eigenvalue weighted by Gasteiger charge is -2.33. The lowest BCUT2D eigenvalue weighted by molar-refractivity contribution is -0.149. The molecule has 0 aliphatic carbocycles. The third kappa shape index (κ3) is 4.43. The first kappa shape index (κ1) is 19.5. The average molecular weight is 379 g/mol. The van der Waals surface area contributed by atoms with Crippen molar-refractivity contribution in [1.29, 1.82) is 0 Å². The minimum Gasteiger partial charge on any atom is -0.378 e. The third-order valence-electron chi connectivity index (χ3n) is 3.93. The number of morpholine rings is 1. The Kier molecular flexibility index (Phi) is 5.63. The first-order valence-electron chi connectivity index (χ1n) is 7.59. The Bertz CT molecular complexity index is 671. The van der Waals surface area contributed by atoms with Crippen molar-refractivity contribution in [2.24, 2.45) is 5.41 Å². The van der Waals surface area contributed by atoms with Crippen LogP contribution in [0.2, 0.25) is 5.02 Å². The van der Waals surface area contributed by atoms with Crippen LogP contribution in [-0.2, 0) is 20.5 Å². The smallest absolute Gasteiger partial charge is 0.378 e. The summed E-state index contributed by atoms with van der Waals surface area (Å²) in [6.07, 6.45) is -4.64. The molecule has 2 amide bonds. The highest BCUT2D eigenvalue weighted by molar-refractivity contribution is 6.31. The molecule has 1 N–H and O–H groups in total. The molecule has 1 aromatic rings. The van der Waals surface area contributed by atoms with Crippen molar-refractivity contribution in [3.63, 3.8) is 0 Å². The van der Waals surface area contributed by atoms with Crippen molar-refractivity contribution in [3.05, 3.63) is 28.8 Å². The predicted octanol–water partition coefficient (Wildman–Crippen LogP) is 3.18. The summed E-state index contributed by atoms with van der Waals surface area (Å²) in [4.78, 5) is 26.5. The van der Waals surface area contributed by atoms with Crippen molar-refractivity contribution in [1.82, 2.24) is 4.90 Å². The summed E-state index contributed by atoms with van der Waals surface area (Å²) in [6, 6.07) is 3.05. The number of amides is 2. The Morgan fingerprint density at radius 1 is 1.20 bits per heavy atom. The van der Waals surface area contributed by atoms with Gasteiger partial charge >= 0.3 is 6.18 Å². The van der Waals surface area contributed by atoms with Gasteiger partial charge in [0.1, 0.15) is 5.41 Å². The van der Waals surface area contributed by atoms with Crippen LogP contribution in [0.15, 0.2) is 18.2 Å². The van der Waals surface area contributed by atoms with Crippen LogP contribution in [0, 0.1) is 5.41 Å². The number of rotatable bonds is 3. The largest absolute Gasteiger partial charge is 0.417 e. The number of alkyl halides is 3. The molecule has 0 saturated carbocycles. The van der Waals surface area contributed by atoms with Crippen LogP contribution in [0.3, 0.4) is 0 Å². The van der Waals surface area contributed by atoms with E-state index in [0.29, 0.717) is 26.3 Å². The van der Waals surface area contributed by atoms with E-state index in [1.165, 1.54) is 24.8 Å². The van der Waals surface area contributed by atoms with Crippen LogP contribution in [0.25, 0.3) is 0 Å². The van der Waals surface area contributed by atoms with Gasteiger partial charge in [-0.2, -0.15) is 13.2 Å². The van der Waals surface area contributed by atoms with E-state index in [1.54, 1.807) is 0 Å². The molecule has 1 aliphatic rings. The SMILES string of the molecule is CC(C)(C(=O)Nc1ccc(Cl)c(C(F)(F)F)c1)C(=O)N1CCOCC1. The molecular weight excluding hydrogens is 361 g/mol. The molecule has 0 radical (unpaired) electrons. The number of halogens is 4. The van der Waals surface area contributed by atoms with Gasteiger partial charge in [-0.3, -0.25) is 9.59 Å². The fraction of sp³-hybridized carbons (Fsp3) is 0.500. The average Bonchev–Trinajstić information content (AvgIpc) is 2.55. The van der Waals surface area contributed by atoms with Crippen LogP contribution in [0.5, 0.6) is 0 Å². The summed E-state index contributed by atoms with van der Waals surface area (Å²) < 4.78 is 43.9. The first-order valence-corrected chi connectivity index (χ1v) is 7.96. The summed E-state index contributed by atoms with van der Waals surface area (Å²) in [5, 5.41) is 1.90. The molecule has 1 aliphatic heterocycles. The summed E-state index contributed by atoms with van der Waals surface area (Å²) >= 11 is 5.55. The lowest BCUT2D eigenvalue weighted by atomic mass is 9.90. The van der Waals surface area contributed by atoms with Gasteiger partial charge in [0, 0.05) is 18.8 Å². The monoisotopic (exact) mass is 378 g/mol. The Labute approximate surface area is 148 Å². The minimum atomic E-state index is -4.64. The van der Waals surface area contributed by atoms with Crippen LogP contribution >= 0.6 is 11.6 Å². The minimum absolute atomic E-state index is 0.0791. The lowest BCUT2D eigenvalue weighted by Crippen LogP contribution is -2.51. The Morgan fingerprint density at radius 2 is 1.80 bits per heavy atom. The van der Waals surface area contributed by atoms with E-state index in [9.17, 15) is 22.8 Å². The first-order chi connectivity index (χ1) is 11.5. The second-order valence-corrected chi connectivity index (χ2v) is 6.58. The number of carbonyl (C=O) groups excluding carboxylic acids is 2. The quantitative estimate of drug-likeness (QED) is 0.822. The molecule has 0 atom stereocenters. The molecule has 0 bridgehead atoms. The zero-order valence-corrected chi connectivity index (χ0v) is 14.5. The fourth-order valence-electron chi connectivity index (χ4n) is 2.37. The summed E-state index contributed by atoms with van der Waals surface area (Å²) in [5.41, 5.74) is -2.57. The Balaban J connectivity index is 2.16. The topological polar surface area (TPSA) is 58.6 Å². The van der Waals surface area contributed by atoms with E-state index in [-0.39, 0.29) is 5.69 Å². The maximum atomic E-state index is 12.9. The van der Waals surface area contributed by atoms with Crippen molar-refractivity contribution < 1.29 is 27.5 Å². The zero-order chi connectivity index (χ0) is 18.8. The summed E-state index contributed by atoms with van der Waals surface area (Å²) in [6.45, 7) is 4.37. The molecule has 1 fully saturated rings. The van der Waals surface area contributed by atoms with E-state index < -0.39 is 34.0 Å². The molecule has 9 heteroatoms. The third-order valence-corrected chi connectivity index (χ3v) is 4.26.